The molecule has 27 heavy (non-hydrogen) atoms. The van der Waals surface area contributed by atoms with Gasteiger partial charge in [-0.25, -0.2) is 9.78 Å². The molecule has 0 atom stereocenters. The highest BCUT2D eigenvalue weighted by atomic mass is 32.1. The quantitative estimate of drug-likeness (QED) is 0.240. The van der Waals surface area contributed by atoms with Crippen molar-refractivity contribution < 1.29 is 13.9 Å². The molecule has 3 rings (SSSR count). The smallest absolute Gasteiger partial charge is 0.345 e. The molecule has 0 fully saturated rings. The number of aryl methyl sites for hydroxylation is 2. The second-order valence-electron chi connectivity index (χ2n) is 6.60. The standard InChI is InChI=1S/C21H23NO4S/c1-4-5-6-7-8-15-9-16-10-17(18-12-27-13(2)22-18)21(24)26-20(16)11-19(15)25-14(3)23/h9-12H,4-8H2,1-3H3. The number of carbonyl (C=O) groups is 1. The van der Waals surface area contributed by atoms with E-state index in [4.69, 9.17) is 9.15 Å². The van der Waals surface area contributed by atoms with Crippen LogP contribution in [0.4, 0.5) is 0 Å². The SMILES string of the molecule is CCCCCCc1cc2cc(-c3csc(C)n3)c(=O)oc2cc1OC(C)=O. The first-order valence-electron chi connectivity index (χ1n) is 9.19. The highest BCUT2D eigenvalue weighted by Gasteiger charge is 2.14. The van der Waals surface area contributed by atoms with Crippen molar-refractivity contribution in [1.29, 1.82) is 0 Å². The maximum atomic E-state index is 12.4. The van der Waals surface area contributed by atoms with Gasteiger partial charge in [-0.05, 0) is 37.5 Å². The zero-order valence-corrected chi connectivity index (χ0v) is 16.6. The van der Waals surface area contributed by atoms with Crippen LogP contribution in [-0.4, -0.2) is 11.0 Å². The number of fused-ring (bicyclic) bond motifs is 1. The number of carbonyl (C=O) groups excluding carboxylic acids is 1. The largest absolute Gasteiger partial charge is 0.426 e. The van der Waals surface area contributed by atoms with E-state index in [0.717, 1.165) is 41.6 Å². The van der Waals surface area contributed by atoms with Gasteiger partial charge in [-0.15, -0.1) is 11.3 Å². The van der Waals surface area contributed by atoms with E-state index in [9.17, 15) is 9.59 Å². The van der Waals surface area contributed by atoms with Crippen molar-refractivity contribution in [2.75, 3.05) is 0 Å². The van der Waals surface area contributed by atoms with Gasteiger partial charge in [0.1, 0.15) is 11.3 Å². The van der Waals surface area contributed by atoms with E-state index in [1.165, 1.54) is 24.7 Å². The average molecular weight is 385 g/mol. The molecule has 0 spiro atoms. The minimum Gasteiger partial charge on any atom is -0.426 e. The molecule has 2 aromatic heterocycles. The lowest BCUT2D eigenvalue weighted by Crippen LogP contribution is -2.06. The predicted octanol–water partition coefficient (Wildman–Crippen LogP) is 5.27. The molecule has 0 bridgehead atoms. The Morgan fingerprint density at radius 2 is 2.04 bits per heavy atom. The van der Waals surface area contributed by atoms with Crippen LogP contribution in [0.3, 0.4) is 0 Å². The lowest BCUT2D eigenvalue weighted by molar-refractivity contribution is -0.131. The summed E-state index contributed by atoms with van der Waals surface area (Å²) in [6.07, 6.45) is 5.29. The van der Waals surface area contributed by atoms with E-state index in [-0.39, 0.29) is 5.97 Å². The Hall–Kier alpha value is -2.47. The molecule has 0 aliphatic carbocycles. The third-order valence-corrected chi connectivity index (χ3v) is 5.14. The fourth-order valence-corrected chi connectivity index (χ4v) is 3.66. The fraction of sp³-hybridized carbons (Fsp3) is 0.381. The van der Waals surface area contributed by atoms with Crippen LogP contribution < -0.4 is 10.4 Å². The number of aromatic nitrogens is 1. The monoisotopic (exact) mass is 385 g/mol. The van der Waals surface area contributed by atoms with E-state index >= 15 is 0 Å². The Morgan fingerprint density at radius 1 is 1.22 bits per heavy atom. The first-order chi connectivity index (χ1) is 13.0. The first kappa shape index (κ1) is 19.3. The van der Waals surface area contributed by atoms with Crippen molar-refractivity contribution in [1.82, 2.24) is 4.98 Å². The van der Waals surface area contributed by atoms with E-state index in [2.05, 4.69) is 11.9 Å². The molecule has 0 unspecified atom stereocenters. The number of rotatable bonds is 7. The third kappa shape index (κ3) is 4.63. The molecule has 0 saturated heterocycles. The van der Waals surface area contributed by atoms with Gasteiger partial charge in [0.25, 0.3) is 0 Å². The Bertz CT molecular complexity index is 1020. The maximum Gasteiger partial charge on any atom is 0.345 e. The number of thiazole rings is 1. The molecule has 2 heterocycles. The molecule has 1 aromatic carbocycles. The van der Waals surface area contributed by atoms with E-state index in [1.54, 1.807) is 6.07 Å². The van der Waals surface area contributed by atoms with Crippen LogP contribution in [0.5, 0.6) is 5.75 Å². The zero-order valence-electron chi connectivity index (χ0n) is 15.8. The third-order valence-electron chi connectivity index (χ3n) is 4.36. The number of hydrogen-bond acceptors (Lipinski definition) is 6. The molecule has 0 aliphatic rings. The minimum atomic E-state index is -0.447. The summed E-state index contributed by atoms with van der Waals surface area (Å²) in [6, 6.07) is 5.40. The van der Waals surface area contributed by atoms with Gasteiger partial charge in [0, 0.05) is 23.8 Å². The van der Waals surface area contributed by atoms with Gasteiger partial charge < -0.3 is 9.15 Å². The number of nitrogens with zero attached hydrogens (tertiary/aromatic N) is 1. The van der Waals surface area contributed by atoms with Crippen LogP contribution in [0.15, 0.2) is 32.8 Å². The molecule has 0 radical (unpaired) electrons. The van der Waals surface area contributed by atoms with Crippen molar-refractivity contribution in [2.45, 2.75) is 52.9 Å². The van der Waals surface area contributed by atoms with E-state index in [1.807, 2.05) is 24.4 Å². The zero-order chi connectivity index (χ0) is 19.4. The fourth-order valence-electron chi connectivity index (χ4n) is 3.05. The van der Waals surface area contributed by atoms with Crippen LogP contribution in [-0.2, 0) is 11.2 Å². The maximum absolute atomic E-state index is 12.4. The summed E-state index contributed by atoms with van der Waals surface area (Å²) in [4.78, 5) is 28.2. The molecule has 5 nitrogen and oxygen atoms in total. The summed E-state index contributed by atoms with van der Waals surface area (Å²) >= 11 is 1.49. The van der Waals surface area contributed by atoms with Crippen LogP contribution >= 0.6 is 11.3 Å². The Balaban J connectivity index is 2.04. The Labute approximate surface area is 162 Å². The lowest BCUT2D eigenvalue weighted by Gasteiger charge is -2.11. The number of ether oxygens (including phenoxy) is 1. The van der Waals surface area contributed by atoms with Gasteiger partial charge in [-0.1, -0.05) is 26.2 Å². The molecule has 142 valence electrons. The van der Waals surface area contributed by atoms with Crippen LogP contribution in [0.25, 0.3) is 22.2 Å². The lowest BCUT2D eigenvalue weighted by atomic mass is 10.0. The van der Waals surface area contributed by atoms with E-state index < -0.39 is 5.63 Å². The summed E-state index contributed by atoms with van der Waals surface area (Å²) in [5.41, 5.74) is 1.98. The number of unbranched alkanes of at least 4 members (excludes halogenated alkanes) is 3. The highest BCUT2D eigenvalue weighted by Crippen LogP contribution is 2.30. The molecule has 6 heteroatoms. The summed E-state index contributed by atoms with van der Waals surface area (Å²) in [5.74, 6) is 0.0768. The Kier molecular flexibility index (Phi) is 6.06. The van der Waals surface area contributed by atoms with Crippen molar-refractivity contribution in [3.8, 4) is 17.0 Å². The summed E-state index contributed by atoms with van der Waals surface area (Å²) in [5, 5.41) is 3.55. The van der Waals surface area contributed by atoms with Gasteiger partial charge in [-0.3, -0.25) is 4.79 Å². The second kappa shape index (κ2) is 8.48. The van der Waals surface area contributed by atoms with Crippen molar-refractivity contribution in [2.24, 2.45) is 0 Å². The molecule has 0 N–H and O–H groups in total. The van der Waals surface area contributed by atoms with Gasteiger partial charge in [0.15, 0.2) is 0 Å². The van der Waals surface area contributed by atoms with Crippen molar-refractivity contribution in [3.63, 3.8) is 0 Å². The number of esters is 1. The van der Waals surface area contributed by atoms with Crippen LogP contribution in [0, 0.1) is 6.92 Å². The van der Waals surface area contributed by atoms with Crippen molar-refractivity contribution >= 4 is 28.3 Å². The summed E-state index contributed by atoms with van der Waals surface area (Å²) < 4.78 is 10.9. The van der Waals surface area contributed by atoms with Crippen LogP contribution in [0.2, 0.25) is 0 Å². The molecule has 3 aromatic rings. The first-order valence-corrected chi connectivity index (χ1v) is 10.1. The van der Waals surface area contributed by atoms with Gasteiger partial charge in [0.2, 0.25) is 0 Å². The molecule has 0 amide bonds. The predicted molar refractivity (Wildman–Crippen MR) is 107 cm³/mol. The molecular weight excluding hydrogens is 362 g/mol. The Morgan fingerprint density at radius 3 is 2.70 bits per heavy atom. The van der Waals surface area contributed by atoms with E-state index in [0.29, 0.717) is 22.6 Å². The number of hydrogen-bond donors (Lipinski definition) is 0. The highest BCUT2D eigenvalue weighted by molar-refractivity contribution is 7.09. The van der Waals surface area contributed by atoms with Crippen LogP contribution in [0.1, 0.15) is 50.1 Å². The topological polar surface area (TPSA) is 69.4 Å². The average Bonchev–Trinajstić information content (AvgIpc) is 3.04. The molecule has 0 saturated carbocycles. The second-order valence-corrected chi connectivity index (χ2v) is 7.66. The van der Waals surface area contributed by atoms with Crippen molar-refractivity contribution in [3.05, 3.63) is 44.6 Å². The normalized spacial score (nSPS) is 11.1. The number of benzene rings is 1. The van der Waals surface area contributed by atoms with Gasteiger partial charge >= 0.3 is 11.6 Å². The minimum absolute atomic E-state index is 0.388. The molecular formula is C21H23NO4S. The summed E-state index contributed by atoms with van der Waals surface area (Å²) in [7, 11) is 0. The van der Waals surface area contributed by atoms with Gasteiger partial charge in [0.05, 0.1) is 16.3 Å². The van der Waals surface area contributed by atoms with Gasteiger partial charge in [-0.2, -0.15) is 0 Å². The summed E-state index contributed by atoms with van der Waals surface area (Å²) in [6.45, 7) is 5.44. The molecule has 0 aliphatic heterocycles.